The molecule has 0 saturated heterocycles. The summed E-state index contributed by atoms with van der Waals surface area (Å²) in [5, 5.41) is 10.2. The van der Waals surface area contributed by atoms with Crippen molar-refractivity contribution >= 4 is 11.7 Å². The summed E-state index contributed by atoms with van der Waals surface area (Å²) >= 11 is 0. The number of hydrogen-bond donors (Lipinski definition) is 2. The van der Waals surface area contributed by atoms with E-state index < -0.39 is 0 Å². The Morgan fingerprint density at radius 2 is 2.12 bits per heavy atom. The van der Waals surface area contributed by atoms with E-state index in [1.165, 1.54) is 0 Å². The van der Waals surface area contributed by atoms with E-state index in [1.807, 2.05) is 31.2 Å². The van der Waals surface area contributed by atoms with Gasteiger partial charge in [0.05, 0.1) is 18.8 Å². The van der Waals surface area contributed by atoms with Crippen LogP contribution in [0.1, 0.15) is 28.5 Å². The molecule has 3 aromatic rings. The van der Waals surface area contributed by atoms with Crippen molar-refractivity contribution in [2.75, 3.05) is 25.6 Å². The molecule has 0 unspecified atom stereocenters. The number of aryl methyl sites for hydroxylation is 1. The van der Waals surface area contributed by atoms with E-state index in [9.17, 15) is 4.79 Å². The minimum atomic E-state index is -0.287. The van der Waals surface area contributed by atoms with Crippen molar-refractivity contribution in [2.24, 2.45) is 7.05 Å². The summed E-state index contributed by atoms with van der Waals surface area (Å²) in [6.07, 6.45) is 3.35. The molecule has 8 nitrogen and oxygen atoms in total. The predicted molar refractivity (Wildman–Crippen MR) is 122 cm³/mol. The van der Waals surface area contributed by atoms with Gasteiger partial charge in [-0.2, -0.15) is 5.10 Å². The number of benzene rings is 1. The van der Waals surface area contributed by atoms with Crippen molar-refractivity contribution in [3.05, 3.63) is 71.7 Å². The third kappa shape index (κ3) is 7.23. The summed E-state index contributed by atoms with van der Waals surface area (Å²) in [6, 6.07) is 12.8. The second-order valence-electron chi connectivity index (χ2n) is 7.19. The number of rotatable bonds is 9. The lowest BCUT2D eigenvalue weighted by atomic mass is 10.1. The number of anilines is 1. The largest absolute Gasteiger partial charge is 0.488 e. The van der Waals surface area contributed by atoms with Crippen LogP contribution in [-0.4, -0.2) is 47.0 Å². The summed E-state index contributed by atoms with van der Waals surface area (Å²) < 4.78 is 12.7. The Kier molecular flexibility index (Phi) is 8.37. The van der Waals surface area contributed by atoms with Gasteiger partial charge in [-0.25, -0.2) is 0 Å². The van der Waals surface area contributed by atoms with Gasteiger partial charge >= 0.3 is 0 Å². The number of carbonyl (C=O) groups is 1. The van der Waals surface area contributed by atoms with E-state index in [0.29, 0.717) is 42.4 Å². The molecule has 166 valence electrons. The quantitative estimate of drug-likeness (QED) is 0.398. The fourth-order valence-corrected chi connectivity index (χ4v) is 2.94. The predicted octanol–water partition coefficient (Wildman–Crippen LogP) is 2.62. The van der Waals surface area contributed by atoms with Gasteiger partial charge in [-0.3, -0.25) is 14.5 Å². The minimum Gasteiger partial charge on any atom is -0.488 e. The lowest BCUT2D eigenvalue weighted by Crippen LogP contribution is -2.19. The average Bonchev–Trinajstić information content (AvgIpc) is 3.18. The molecule has 1 atom stereocenters. The monoisotopic (exact) mass is 433 g/mol. The minimum absolute atomic E-state index is 0.171. The van der Waals surface area contributed by atoms with Crippen molar-refractivity contribution < 1.29 is 14.3 Å². The Morgan fingerprint density at radius 3 is 2.84 bits per heavy atom. The van der Waals surface area contributed by atoms with Crippen LogP contribution in [0.3, 0.4) is 0 Å². The van der Waals surface area contributed by atoms with Crippen molar-refractivity contribution in [1.82, 2.24) is 20.1 Å². The molecule has 2 heterocycles. The van der Waals surface area contributed by atoms with Crippen molar-refractivity contribution in [3.8, 4) is 17.6 Å². The zero-order valence-electron chi connectivity index (χ0n) is 18.5. The van der Waals surface area contributed by atoms with Crippen LogP contribution in [0.25, 0.3) is 0 Å². The molecule has 0 radical (unpaired) electrons. The van der Waals surface area contributed by atoms with Gasteiger partial charge in [0, 0.05) is 50.3 Å². The van der Waals surface area contributed by atoms with E-state index in [-0.39, 0.29) is 12.0 Å². The molecule has 3 rings (SSSR count). The third-order valence-electron chi connectivity index (χ3n) is 4.34. The van der Waals surface area contributed by atoms with Gasteiger partial charge in [0.1, 0.15) is 11.9 Å². The molecular formula is C24H27N5O3. The van der Waals surface area contributed by atoms with Crippen LogP contribution in [0.2, 0.25) is 0 Å². The molecule has 0 saturated carbocycles. The number of pyridine rings is 1. The summed E-state index contributed by atoms with van der Waals surface area (Å²) in [7, 11) is 3.41. The second-order valence-corrected chi connectivity index (χ2v) is 7.19. The maximum absolute atomic E-state index is 12.8. The molecule has 8 heteroatoms. The van der Waals surface area contributed by atoms with Crippen LogP contribution < -0.4 is 15.4 Å². The maximum atomic E-state index is 12.8. The van der Waals surface area contributed by atoms with Gasteiger partial charge in [-0.1, -0.05) is 17.9 Å². The molecule has 0 fully saturated rings. The number of carbonyl (C=O) groups excluding carboxylic acids is 1. The van der Waals surface area contributed by atoms with Crippen LogP contribution in [0, 0.1) is 11.8 Å². The van der Waals surface area contributed by atoms with E-state index in [1.54, 1.807) is 49.4 Å². The molecule has 1 aromatic carbocycles. The Balaban J connectivity index is 1.71. The van der Waals surface area contributed by atoms with Crippen molar-refractivity contribution in [1.29, 1.82) is 0 Å². The molecule has 1 amide bonds. The number of methoxy groups -OCH3 is 1. The number of amides is 1. The number of aromatic nitrogens is 3. The van der Waals surface area contributed by atoms with Gasteiger partial charge in [0.2, 0.25) is 0 Å². The van der Waals surface area contributed by atoms with E-state index in [4.69, 9.17) is 9.47 Å². The van der Waals surface area contributed by atoms with Crippen LogP contribution in [-0.2, 0) is 18.3 Å². The molecule has 0 aliphatic heterocycles. The SMILES string of the molecule is COC[C@H](C)Oc1cc(C#CCNCc2ccccn2)cc(C(=O)Nc2ccn(C)n2)c1. The van der Waals surface area contributed by atoms with E-state index in [0.717, 1.165) is 5.69 Å². The van der Waals surface area contributed by atoms with Gasteiger partial charge in [0.15, 0.2) is 5.82 Å². The third-order valence-corrected chi connectivity index (χ3v) is 4.34. The van der Waals surface area contributed by atoms with Gasteiger partial charge < -0.3 is 20.1 Å². The highest BCUT2D eigenvalue weighted by molar-refractivity contribution is 6.04. The van der Waals surface area contributed by atoms with Gasteiger partial charge in [0.25, 0.3) is 5.91 Å². The first kappa shape index (κ1) is 23.0. The lowest BCUT2D eigenvalue weighted by molar-refractivity contribution is 0.0917. The fraction of sp³-hybridized carbons (Fsp3) is 0.292. The molecule has 2 aromatic heterocycles. The normalized spacial score (nSPS) is 11.3. The second kappa shape index (κ2) is 11.6. The first-order chi connectivity index (χ1) is 15.5. The number of nitrogens with zero attached hydrogens (tertiary/aromatic N) is 3. The van der Waals surface area contributed by atoms with Crippen LogP contribution in [0.15, 0.2) is 54.9 Å². The summed E-state index contributed by atoms with van der Waals surface area (Å²) in [5.74, 6) is 6.91. The Hall–Kier alpha value is -3.67. The average molecular weight is 434 g/mol. The highest BCUT2D eigenvalue weighted by Crippen LogP contribution is 2.19. The molecule has 32 heavy (non-hydrogen) atoms. The number of nitrogens with one attached hydrogen (secondary N) is 2. The van der Waals surface area contributed by atoms with Crippen LogP contribution in [0.4, 0.5) is 5.82 Å². The van der Waals surface area contributed by atoms with E-state index >= 15 is 0 Å². The van der Waals surface area contributed by atoms with Gasteiger partial charge in [-0.05, 0) is 37.3 Å². The molecule has 0 aliphatic carbocycles. The maximum Gasteiger partial charge on any atom is 0.257 e. The molecule has 0 spiro atoms. The van der Waals surface area contributed by atoms with Gasteiger partial charge in [-0.15, -0.1) is 0 Å². The molecule has 2 N–H and O–H groups in total. The Labute approximate surface area is 188 Å². The smallest absolute Gasteiger partial charge is 0.257 e. The molecule has 0 aliphatic rings. The molecular weight excluding hydrogens is 406 g/mol. The zero-order valence-corrected chi connectivity index (χ0v) is 18.5. The highest BCUT2D eigenvalue weighted by atomic mass is 16.5. The highest BCUT2D eigenvalue weighted by Gasteiger charge is 2.12. The lowest BCUT2D eigenvalue weighted by Gasteiger charge is -2.15. The van der Waals surface area contributed by atoms with E-state index in [2.05, 4.69) is 32.6 Å². The first-order valence-electron chi connectivity index (χ1n) is 10.2. The Morgan fingerprint density at radius 1 is 1.25 bits per heavy atom. The summed E-state index contributed by atoms with van der Waals surface area (Å²) in [6.45, 7) is 3.45. The van der Waals surface area contributed by atoms with Crippen molar-refractivity contribution in [2.45, 2.75) is 19.6 Å². The van der Waals surface area contributed by atoms with Crippen LogP contribution in [0.5, 0.6) is 5.75 Å². The van der Waals surface area contributed by atoms with Crippen LogP contribution >= 0.6 is 0 Å². The topological polar surface area (TPSA) is 90.3 Å². The first-order valence-corrected chi connectivity index (χ1v) is 10.2. The Bertz CT molecular complexity index is 1090. The standard InChI is InChI=1S/C24H27N5O3/c1-18(17-31-3)32-22-14-19(7-6-10-25-16-21-8-4-5-11-26-21)13-20(15-22)24(30)27-23-9-12-29(2)28-23/h4-5,8-9,11-15,18,25H,10,16-17H2,1-3H3,(H,27,28,30)/t18-/m0/s1. The zero-order chi connectivity index (χ0) is 22.8. The van der Waals surface area contributed by atoms with Crippen molar-refractivity contribution in [3.63, 3.8) is 0 Å². The number of ether oxygens (including phenoxy) is 2. The number of hydrogen-bond acceptors (Lipinski definition) is 6. The molecule has 0 bridgehead atoms. The fourth-order valence-electron chi connectivity index (χ4n) is 2.94. The summed E-state index contributed by atoms with van der Waals surface area (Å²) in [4.78, 5) is 17.0. The summed E-state index contributed by atoms with van der Waals surface area (Å²) in [5.41, 5.74) is 2.06.